The summed E-state index contributed by atoms with van der Waals surface area (Å²) in [6.45, 7) is 4.61. The van der Waals surface area contributed by atoms with Crippen LogP contribution in [0.25, 0.3) is 11.3 Å². The number of hydrogen-bond acceptors (Lipinski definition) is 5. The highest BCUT2D eigenvalue weighted by Gasteiger charge is 2.27. The van der Waals surface area contributed by atoms with Crippen LogP contribution in [-0.2, 0) is 4.79 Å². The second-order valence-electron chi connectivity index (χ2n) is 8.25. The van der Waals surface area contributed by atoms with Crippen LogP contribution in [0.5, 0.6) is 0 Å². The molecule has 1 unspecified atom stereocenters. The van der Waals surface area contributed by atoms with Crippen LogP contribution in [0.1, 0.15) is 61.4 Å². The first-order valence-electron chi connectivity index (χ1n) is 10.7. The topological polar surface area (TPSA) is 80.9 Å². The number of nitrogens with zero attached hydrogens (tertiary/aromatic N) is 3. The summed E-state index contributed by atoms with van der Waals surface area (Å²) in [6, 6.07) is 11.9. The van der Waals surface area contributed by atoms with Crippen molar-refractivity contribution in [1.29, 1.82) is 0 Å². The van der Waals surface area contributed by atoms with Gasteiger partial charge in [-0.25, -0.2) is 9.97 Å². The Kier molecular flexibility index (Phi) is 6.21. The van der Waals surface area contributed by atoms with Crippen molar-refractivity contribution in [1.82, 2.24) is 20.4 Å². The minimum absolute atomic E-state index is 0.0992. The van der Waals surface area contributed by atoms with Gasteiger partial charge in [-0.2, -0.15) is 0 Å². The molecule has 6 heteroatoms. The normalized spacial score (nSPS) is 19.9. The van der Waals surface area contributed by atoms with Crippen molar-refractivity contribution in [2.75, 3.05) is 6.54 Å². The standard InChI is InChI=1S/C24H28N4O2/c1-16-12-22(30-28-16)21-14-25-15-27-23(21)20-10-8-18(9-11-20)13-26-24(29)17(2)19-6-4-3-5-7-19/h3-7,12,14-15,17-18,20H,8-11,13H2,1-2H3,(H,26,29). The summed E-state index contributed by atoms with van der Waals surface area (Å²) in [4.78, 5) is 21.3. The molecule has 1 aliphatic rings. The lowest BCUT2D eigenvalue weighted by atomic mass is 9.79. The third kappa shape index (κ3) is 4.58. The Morgan fingerprint density at radius 3 is 2.67 bits per heavy atom. The number of carbonyl (C=O) groups excluding carboxylic acids is 1. The SMILES string of the molecule is Cc1cc(-c2cncnc2C2CCC(CNC(=O)C(C)c3ccccc3)CC2)on1. The fourth-order valence-corrected chi connectivity index (χ4v) is 4.28. The molecule has 0 spiro atoms. The number of rotatable bonds is 6. The van der Waals surface area contributed by atoms with Gasteiger partial charge in [0.15, 0.2) is 5.76 Å². The molecule has 2 aromatic heterocycles. The van der Waals surface area contributed by atoms with Gasteiger partial charge < -0.3 is 9.84 Å². The van der Waals surface area contributed by atoms with E-state index in [2.05, 4.69) is 20.4 Å². The maximum Gasteiger partial charge on any atom is 0.227 e. The maximum atomic E-state index is 12.5. The van der Waals surface area contributed by atoms with Crippen molar-refractivity contribution >= 4 is 5.91 Å². The Labute approximate surface area is 177 Å². The molecule has 0 aliphatic heterocycles. The molecule has 1 atom stereocenters. The highest BCUT2D eigenvalue weighted by molar-refractivity contribution is 5.83. The lowest BCUT2D eigenvalue weighted by molar-refractivity contribution is -0.122. The quantitative estimate of drug-likeness (QED) is 0.648. The molecular formula is C24H28N4O2. The van der Waals surface area contributed by atoms with Crippen molar-refractivity contribution < 1.29 is 9.32 Å². The molecule has 0 saturated heterocycles. The van der Waals surface area contributed by atoms with E-state index >= 15 is 0 Å². The van der Waals surface area contributed by atoms with Crippen molar-refractivity contribution in [2.24, 2.45) is 5.92 Å². The first-order chi connectivity index (χ1) is 14.6. The molecule has 4 rings (SSSR count). The number of aromatic nitrogens is 3. The highest BCUT2D eigenvalue weighted by Crippen LogP contribution is 2.38. The Bertz CT molecular complexity index is 978. The van der Waals surface area contributed by atoms with Crippen molar-refractivity contribution in [3.05, 3.63) is 65.9 Å². The molecule has 0 bridgehead atoms. The molecule has 1 amide bonds. The largest absolute Gasteiger partial charge is 0.356 e. The summed E-state index contributed by atoms with van der Waals surface area (Å²) < 4.78 is 5.45. The molecule has 0 radical (unpaired) electrons. The zero-order valence-electron chi connectivity index (χ0n) is 17.5. The van der Waals surface area contributed by atoms with Gasteiger partial charge in [0.2, 0.25) is 5.91 Å². The third-order valence-electron chi connectivity index (χ3n) is 6.13. The van der Waals surface area contributed by atoms with Gasteiger partial charge in [-0.1, -0.05) is 35.5 Å². The van der Waals surface area contributed by atoms with E-state index in [9.17, 15) is 4.79 Å². The van der Waals surface area contributed by atoms with Gasteiger partial charge in [-0.05, 0) is 51.0 Å². The number of hydrogen-bond donors (Lipinski definition) is 1. The number of benzene rings is 1. The Balaban J connectivity index is 1.32. The van der Waals surface area contributed by atoms with E-state index in [1.807, 2.05) is 56.4 Å². The average Bonchev–Trinajstić information content (AvgIpc) is 3.24. The molecule has 30 heavy (non-hydrogen) atoms. The second kappa shape index (κ2) is 9.20. The fourth-order valence-electron chi connectivity index (χ4n) is 4.28. The molecule has 1 aliphatic carbocycles. The Morgan fingerprint density at radius 1 is 1.20 bits per heavy atom. The van der Waals surface area contributed by atoms with Gasteiger partial charge in [0.25, 0.3) is 0 Å². The highest BCUT2D eigenvalue weighted by atomic mass is 16.5. The maximum absolute atomic E-state index is 12.5. The van der Waals surface area contributed by atoms with Crippen LogP contribution in [0.15, 0.2) is 53.4 Å². The number of carbonyl (C=O) groups is 1. The van der Waals surface area contributed by atoms with Crippen molar-refractivity contribution in [3.63, 3.8) is 0 Å². The van der Waals surface area contributed by atoms with Crippen LogP contribution in [0.4, 0.5) is 0 Å². The zero-order valence-corrected chi connectivity index (χ0v) is 17.5. The van der Waals surface area contributed by atoms with E-state index in [-0.39, 0.29) is 11.8 Å². The fraction of sp³-hybridized carbons (Fsp3) is 0.417. The first-order valence-corrected chi connectivity index (χ1v) is 10.7. The third-order valence-corrected chi connectivity index (χ3v) is 6.13. The average molecular weight is 405 g/mol. The van der Waals surface area contributed by atoms with E-state index in [1.54, 1.807) is 6.33 Å². The van der Waals surface area contributed by atoms with Crippen LogP contribution in [0, 0.1) is 12.8 Å². The summed E-state index contributed by atoms with van der Waals surface area (Å²) in [5, 5.41) is 7.15. The van der Waals surface area contributed by atoms with Gasteiger partial charge in [0, 0.05) is 24.7 Å². The van der Waals surface area contributed by atoms with E-state index < -0.39 is 0 Å². The molecule has 1 N–H and O–H groups in total. The molecule has 156 valence electrons. The molecule has 1 fully saturated rings. The molecule has 1 aromatic carbocycles. The van der Waals surface area contributed by atoms with Gasteiger partial charge in [0.05, 0.1) is 22.9 Å². The van der Waals surface area contributed by atoms with Crippen molar-refractivity contribution in [3.8, 4) is 11.3 Å². The van der Waals surface area contributed by atoms with Gasteiger partial charge in [-0.15, -0.1) is 0 Å². The monoisotopic (exact) mass is 404 g/mol. The lowest BCUT2D eigenvalue weighted by Crippen LogP contribution is -2.33. The van der Waals surface area contributed by atoms with Crippen LogP contribution in [0.2, 0.25) is 0 Å². The number of aryl methyl sites for hydroxylation is 1. The smallest absolute Gasteiger partial charge is 0.227 e. The summed E-state index contributed by atoms with van der Waals surface area (Å²) >= 11 is 0. The summed E-state index contributed by atoms with van der Waals surface area (Å²) in [7, 11) is 0. The van der Waals surface area contributed by atoms with Gasteiger partial charge in [0.1, 0.15) is 6.33 Å². The Hall–Kier alpha value is -3.02. The van der Waals surface area contributed by atoms with E-state index in [4.69, 9.17) is 4.52 Å². The Morgan fingerprint density at radius 2 is 1.97 bits per heavy atom. The molecule has 6 nitrogen and oxygen atoms in total. The molecule has 2 heterocycles. The van der Waals surface area contributed by atoms with Crippen LogP contribution < -0.4 is 5.32 Å². The summed E-state index contributed by atoms with van der Waals surface area (Å²) in [5.74, 6) is 1.58. The van der Waals surface area contributed by atoms with E-state index in [0.717, 1.165) is 60.5 Å². The van der Waals surface area contributed by atoms with Crippen molar-refractivity contribution in [2.45, 2.75) is 51.4 Å². The minimum atomic E-state index is -0.128. The first kappa shape index (κ1) is 20.3. The molecular weight excluding hydrogens is 376 g/mol. The lowest BCUT2D eigenvalue weighted by Gasteiger charge is -2.29. The molecule has 1 saturated carbocycles. The predicted octanol–water partition coefficient (Wildman–Crippen LogP) is 4.63. The van der Waals surface area contributed by atoms with Gasteiger partial charge >= 0.3 is 0 Å². The number of nitrogens with one attached hydrogen (secondary N) is 1. The minimum Gasteiger partial charge on any atom is -0.356 e. The second-order valence-corrected chi connectivity index (χ2v) is 8.25. The van der Waals surface area contributed by atoms with E-state index in [1.165, 1.54) is 0 Å². The summed E-state index contributed by atoms with van der Waals surface area (Å²) in [6.07, 6.45) is 7.67. The van der Waals surface area contributed by atoms with Crippen LogP contribution in [-0.4, -0.2) is 27.6 Å². The number of amides is 1. The summed E-state index contributed by atoms with van der Waals surface area (Å²) in [5.41, 5.74) is 3.88. The van der Waals surface area contributed by atoms with Gasteiger partial charge in [-0.3, -0.25) is 4.79 Å². The van der Waals surface area contributed by atoms with Crippen LogP contribution >= 0.6 is 0 Å². The predicted molar refractivity (Wildman–Crippen MR) is 115 cm³/mol. The van der Waals surface area contributed by atoms with E-state index in [0.29, 0.717) is 11.8 Å². The molecule has 3 aromatic rings. The zero-order chi connectivity index (χ0) is 20.9. The van der Waals surface area contributed by atoms with Crippen LogP contribution in [0.3, 0.4) is 0 Å².